The summed E-state index contributed by atoms with van der Waals surface area (Å²) in [6.45, 7) is 4.14. The molecule has 0 aliphatic heterocycles. The molecule has 0 saturated heterocycles. The Morgan fingerprint density at radius 1 is 1.52 bits per heavy atom. The van der Waals surface area contributed by atoms with Crippen LogP contribution in [0.4, 0.5) is 4.79 Å². The van der Waals surface area contributed by atoms with Gasteiger partial charge in [-0.15, -0.1) is 16.8 Å². The van der Waals surface area contributed by atoms with Crippen molar-refractivity contribution in [1.29, 1.82) is 0 Å². The molecule has 0 radical (unpaired) electrons. The monoisotopic (exact) mass is 307 g/mol. The molecule has 2 aromatic rings. The molecule has 0 saturated carbocycles. The zero-order valence-corrected chi connectivity index (χ0v) is 11.8. The van der Waals surface area contributed by atoms with Crippen LogP contribution in [0, 0.1) is 0 Å². The summed E-state index contributed by atoms with van der Waals surface area (Å²) in [5.74, 6) is 0.604. The highest BCUT2D eigenvalue weighted by atomic mass is 32.2. The Bertz CT molecular complexity index is 650. The van der Waals surface area contributed by atoms with Gasteiger partial charge in [-0.3, -0.25) is 14.7 Å². The highest BCUT2D eigenvalue weighted by Crippen LogP contribution is 2.24. The van der Waals surface area contributed by atoms with E-state index in [9.17, 15) is 9.59 Å². The first-order valence-electron chi connectivity index (χ1n) is 5.92. The largest absolute Gasteiger partial charge is 0.461 e. The van der Waals surface area contributed by atoms with E-state index >= 15 is 0 Å². The lowest BCUT2D eigenvalue weighted by molar-refractivity contribution is -0.117. The van der Waals surface area contributed by atoms with Crippen molar-refractivity contribution >= 4 is 23.7 Å². The van der Waals surface area contributed by atoms with E-state index in [1.54, 1.807) is 22.8 Å². The molecule has 0 spiro atoms. The van der Waals surface area contributed by atoms with Gasteiger partial charge in [-0.1, -0.05) is 17.8 Å². The second kappa shape index (κ2) is 6.75. The summed E-state index contributed by atoms with van der Waals surface area (Å²) >= 11 is 1.14. The molecule has 0 aliphatic rings. The number of aromatic nitrogens is 3. The Labute approximate surface area is 124 Å². The number of hydrogen-bond donors (Lipinski definition) is 2. The molecule has 0 fully saturated rings. The molecule has 0 bridgehead atoms. The lowest BCUT2D eigenvalue weighted by Gasteiger charge is -2.05. The van der Waals surface area contributed by atoms with Crippen LogP contribution in [0.1, 0.15) is 0 Å². The van der Waals surface area contributed by atoms with Gasteiger partial charge in [0.05, 0.1) is 12.0 Å². The number of urea groups is 1. The van der Waals surface area contributed by atoms with E-state index in [2.05, 4.69) is 16.8 Å². The zero-order valence-electron chi connectivity index (χ0n) is 11.0. The summed E-state index contributed by atoms with van der Waals surface area (Å²) in [5, 5.41) is 10.6. The molecule has 0 unspecified atom stereocenters. The maximum atomic E-state index is 11.4. The molecule has 110 valence electrons. The first kappa shape index (κ1) is 14.9. The number of hydrogen-bond acceptors (Lipinski definition) is 6. The van der Waals surface area contributed by atoms with Crippen molar-refractivity contribution < 1.29 is 14.0 Å². The van der Waals surface area contributed by atoms with Gasteiger partial charge in [0.25, 0.3) is 0 Å². The number of thioether (sulfide) groups is 1. The zero-order chi connectivity index (χ0) is 15.2. The van der Waals surface area contributed by atoms with E-state index in [4.69, 9.17) is 10.2 Å². The van der Waals surface area contributed by atoms with E-state index in [0.717, 1.165) is 11.8 Å². The number of amides is 3. The van der Waals surface area contributed by atoms with Crippen molar-refractivity contribution in [1.82, 2.24) is 20.1 Å². The molecule has 2 heterocycles. The average Bonchev–Trinajstić information content (AvgIpc) is 3.05. The Morgan fingerprint density at radius 3 is 2.95 bits per heavy atom. The standard InChI is InChI=1S/C12H13N5O3S/c1-2-5-17-10(8-4-3-6-20-8)15-16-12(17)21-7-9(18)14-11(13)19/h2-4,6H,1,5,7H2,(H3,13,14,18,19). The summed E-state index contributed by atoms with van der Waals surface area (Å²) in [6.07, 6.45) is 3.22. The van der Waals surface area contributed by atoms with Crippen LogP contribution in [0.3, 0.4) is 0 Å². The maximum Gasteiger partial charge on any atom is 0.318 e. The summed E-state index contributed by atoms with van der Waals surface area (Å²) in [4.78, 5) is 22.0. The number of primary amides is 1. The molecule has 0 aromatic carbocycles. The first-order valence-corrected chi connectivity index (χ1v) is 6.90. The summed E-state index contributed by atoms with van der Waals surface area (Å²) in [6, 6.07) is 2.62. The Balaban J connectivity index is 2.14. The summed E-state index contributed by atoms with van der Waals surface area (Å²) in [7, 11) is 0. The van der Waals surface area contributed by atoms with Crippen molar-refractivity contribution in [3.8, 4) is 11.6 Å². The second-order valence-electron chi connectivity index (χ2n) is 3.88. The van der Waals surface area contributed by atoms with E-state index in [0.29, 0.717) is 23.3 Å². The molecule has 3 N–H and O–H groups in total. The van der Waals surface area contributed by atoms with Gasteiger partial charge in [0.15, 0.2) is 10.9 Å². The molecule has 2 rings (SSSR count). The lowest BCUT2D eigenvalue weighted by Crippen LogP contribution is -2.36. The fourth-order valence-electron chi connectivity index (χ4n) is 1.58. The number of nitrogens with one attached hydrogen (secondary N) is 1. The van der Waals surface area contributed by atoms with Crippen LogP contribution < -0.4 is 11.1 Å². The van der Waals surface area contributed by atoms with E-state index in [-0.39, 0.29) is 5.75 Å². The van der Waals surface area contributed by atoms with E-state index in [1.807, 2.05) is 5.32 Å². The predicted octanol–water partition coefficient (Wildman–Crippen LogP) is 1.01. The number of nitrogens with zero attached hydrogens (tertiary/aromatic N) is 3. The Hall–Kier alpha value is -2.55. The van der Waals surface area contributed by atoms with Crippen molar-refractivity contribution in [2.45, 2.75) is 11.7 Å². The molecular weight excluding hydrogens is 294 g/mol. The van der Waals surface area contributed by atoms with Gasteiger partial charge in [-0.2, -0.15) is 0 Å². The summed E-state index contributed by atoms with van der Waals surface area (Å²) < 4.78 is 7.05. The van der Waals surface area contributed by atoms with Crippen LogP contribution in [0.5, 0.6) is 0 Å². The molecule has 9 heteroatoms. The smallest absolute Gasteiger partial charge is 0.318 e. The molecule has 8 nitrogen and oxygen atoms in total. The first-order chi connectivity index (χ1) is 10.1. The van der Waals surface area contributed by atoms with E-state index < -0.39 is 11.9 Å². The maximum absolute atomic E-state index is 11.4. The highest BCUT2D eigenvalue weighted by Gasteiger charge is 2.16. The van der Waals surface area contributed by atoms with Gasteiger partial charge in [0.1, 0.15) is 0 Å². The van der Waals surface area contributed by atoms with Crippen LogP contribution in [-0.2, 0) is 11.3 Å². The number of furan rings is 1. The van der Waals surface area contributed by atoms with Gasteiger partial charge >= 0.3 is 6.03 Å². The third kappa shape index (κ3) is 3.72. The predicted molar refractivity (Wildman–Crippen MR) is 76.4 cm³/mol. The molecule has 2 aromatic heterocycles. The molecule has 21 heavy (non-hydrogen) atoms. The minimum Gasteiger partial charge on any atom is -0.461 e. The number of carbonyl (C=O) groups excluding carboxylic acids is 2. The second-order valence-corrected chi connectivity index (χ2v) is 4.83. The number of rotatable bonds is 6. The Morgan fingerprint density at radius 2 is 2.33 bits per heavy atom. The van der Waals surface area contributed by atoms with Gasteiger partial charge < -0.3 is 10.2 Å². The quantitative estimate of drug-likeness (QED) is 0.608. The van der Waals surface area contributed by atoms with Crippen molar-refractivity contribution in [3.63, 3.8) is 0 Å². The van der Waals surface area contributed by atoms with Gasteiger partial charge in [0, 0.05) is 6.54 Å². The van der Waals surface area contributed by atoms with Crippen LogP contribution >= 0.6 is 11.8 Å². The third-order valence-corrected chi connectivity index (χ3v) is 3.33. The van der Waals surface area contributed by atoms with Crippen LogP contribution in [0.15, 0.2) is 40.6 Å². The fraction of sp³-hybridized carbons (Fsp3) is 0.167. The number of carbonyl (C=O) groups is 2. The SMILES string of the molecule is C=CCn1c(SCC(=O)NC(N)=O)nnc1-c1ccco1. The third-order valence-electron chi connectivity index (χ3n) is 2.37. The number of nitrogens with two attached hydrogens (primary N) is 1. The summed E-state index contributed by atoms with van der Waals surface area (Å²) in [5.41, 5.74) is 4.87. The minimum absolute atomic E-state index is 0.00360. The number of imide groups is 1. The van der Waals surface area contributed by atoms with Crippen molar-refractivity contribution in [2.75, 3.05) is 5.75 Å². The topological polar surface area (TPSA) is 116 Å². The van der Waals surface area contributed by atoms with Crippen LogP contribution in [0.25, 0.3) is 11.6 Å². The van der Waals surface area contributed by atoms with Gasteiger partial charge in [-0.25, -0.2) is 4.79 Å². The molecular formula is C12H13N5O3S. The lowest BCUT2D eigenvalue weighted by atomic mass is 10.4. The van der Waals surface area contributed by atoms with Crippen LogP contribution in [-0.4, -0.2) is 32.5 Å². The average molecular weight is 307 g/mol. The van der Waals surface area contributed by atoms with Crippen molar-refractivity contribution in [3.05, 3.63) is 31.1 Å². The van der Waals surface area contributed by atoms with Gasteiger partial charge in [0.2, 0.25) is 11.7 Å². The fourth-order valence-corrected chi connectivity index (χ4v) is 2.33. The molecule has 0 atom stereocenters. The normalized spacial score (nSPS) is 10.3. The Kier molecular flexibility index (Phi) is 4.77. The van der Waals surface area contributed by atoms with Gasteiger partial charge in [-0.05, 0) is 12.1 Å². The van der Waals surface area contributed by atoms with Crippen LogP contribution in [0.2, 0.25) is 0 Å². The minimum atomic E-state index is -0.885. The number of allylic oxidation sites excluding steroid dienone is 1. The van der Waals surface area contributed by atoms with E-state index in [1.165, 1.54) is 6.26 Å². The van der Waals surface area contributed by atoms with Crippen molar-refractivity contribution in [2.24, 2.45) is 5.73 Å². The highest BCUT2D eigenvalue weighted by molar-refractivity contribution is 7.99. The molecule has 3 amide bonds. The molecule has 0 aliphatic carbocycles.